The molecule has 2 aromatic rings. The van der Waals surface area contributed by atoms with E-state index in [2.05, 4.69) is 10.3 Å². The molecule has 4 heterocycles. The van der Waals surface area contributed by atoms with Crippen LogP contribution in [0.25, 0.3) is 0 Å². The van der Waals surface area contributed by atoms with Gasteiger partial charge < -0.3 is 25.0 Å². The third-order valence-corrected chi connectivity index (χ3v) is 8.25. The van der Waals surface area contributed by atoms with Crippen LogP contribution in [0.15, 0.2) is 46.0 Å². The van der Waals surface area contributed by atoms with E-state index in [1.54, 1.807) is 11.6 Å². The number of aromatic nitrogens is 1. The molecule has 38 heavy (non-hydrogen) atoms. The van der Waals surface area contributed by atoms with Gasteiger partial charge >= 0.3 is 11.9 Å². The summed E-state index contributed by atoms with van der Waals surface area (Å²) in [5, 5.41) is 26.1. The number of benzene rings is 1. The monoisotopic (exact) mass is 564 g/mol. The van der Waals surface area contributed by atoms with Gasteiger partial charge in [-0.15, -0.1) is 11.3 Å². The van der Waals surface area contributed by atoms with Crippen LogP contribution >= 0.6 is 22.9 Å². The molecule has 2 saturated heterocycles. The van der Waals surface area contributed by atoms with Gasteiger partial charge in [0.1, 0.15) is 11.9 Å². The van der Waals surface area contributed by atoms with Gasteiger partial charge in [-0.2, -0.15) is 0 Å². The lowest BCUT2D eigenvalue weighted by molar-refractivity contribution is -0.155. The number of halogens is 2. The average Bonchev–Trinajstić information content (AvgIpc) is 3.42. The number of nitrogens with one attached hydrogen (secondary N) is 1. The van der Waals surface area contributed by atoms with Crippen molar-refractivity contribution in [2.75, 3.05) is 26.9 Å². The number of carbonyl (C=O) groups is 2. The van der Waals surface area contributed by atoms with E-state index >= 15 is 0 Å². The number of thiazole rings is 1. The molecule has 0 aliphatic carbocycles. The highest BCUT2D eigenvalue weighted by Gasteiger charge is 2.46. The standard InChI is InChI=1S/C25H26ClFN4O6S/c1-36-25(35)20-17(9-31-14-6-12(7-19(32)33)22(34)18(31)11-37-10-14)29-23(24-28-4-5-38-24)30-21(20)15-3-2-13(27)8-16(15)26/h2-5,8,12,14,18,21-22,34H,6-7,9-11H2,1H3,(H,29,30)(H,32,33)/t12-,14?,18?,21-,22?/m0/s1. The van der Waals surface area contributed by atoms with Crippen LogP contribution in [0.1, 0.15) is 29.5 Å². The van der Waals surface area contributed by atoms with Crippen molar-refractivity contribution in [2.24, 2.45) is 10.9 Å². The van der Waals surface area contributed by atoms with Gasteiger partial charge in [-0.05, 0) is 24.5 Å². The number of carboxylic acid groups (broad SMARTS) is 1. The Morgan fingerprint density at radius 1 is 1.37 bits per heavy atom. The number of esters is 1. The van der Waals surface area contributed by atoms with E-state index in [9.17, 15) is 24.2 Å². The van der Waals surface area contributed by atoms with Gasteiger partial charge in [-0.25, -0.2) is 14.2 Å². The third kappa shape index (κ3) is 5.19. The number of aliphatic hydroxyl groups excluding tert-OH is 1. The Morgan fingerprint density at radius 2 is 2.18 bits per heavy atom. The number of amidine groups is 1. The number of aliphatic imine (C=N–C) groups is 1. The number of rotatable bonds is 7. The van der Waals surface area contributed by atoms with E-state index in [1.165, 1.54) is 30.6 Å². The number of morpholine rings is 1. The lowest BCUT2D eigenvalue weighted by Gasteiger charge is -2.51. The van der Waals surface area contributed by atoms with Crippen LogP contribution in [0.4, 0.5) is 4.39 Å². The molecular formula is C25H26ClFN4O6S. The van der Waals surface area contributed by atoms with Crippen molar-refractivity contribution in [3.8, 4) is 0 Å². The molecule has 0 radical (unpaired) electrons. The molecule has 0 saturated carbocycles. The fourth-order valence-corrected chi connectivity index (χ4v) is 6.27. The summed E-state index contributed by atoms with van der Waals surface area (Å²) in [5.41, 5.74) is 1.09. The number of ether oxygens (including phenoxy) is 2. The van der Waals surface area contributed by atoms with Crippen LogP contribution in [0.5, 0.6) is 0 Å². The van der Waals surface area contributed by atoms with Crippen molar-refractivity contribution >= 4 is 40.7 Å². The molecule has 1 aromatic carbocycles. The topological polar surface area (TPSA) is 134 Å². The predicted octanol–water partition coefficient (Wildman–Crippen LogP) is 2.38. The number of nitrogens with zero attached hydrogens (tertiary/aromatic N) is 3. The highest BCUT2D eigenvalue weighted by Crippen LogP contribution is 2.39. The van der Waals surface area contributed by atoms with Crippen molar-refractivity contribution in [2.45, 2.75) is 37.1 Å². The second kappa shape index (κ2) is 11.1. The fourth-order valence-electron chi connectivity index (χ4n) is 5.41. The Labute approximate surface area is 226 Å². The zero-order chi connectivity index (χ0) is 27.0. The Bertz CT molecular complexity index is 1290. The molecule has 5 rings (SSSR count). The van der Waals surface area contributed by atoms with E-state index in [4.69, 9.17) is 26.1 Å². The second-order valence-corrected chi connectivity index (χ2v) is 10.7. The van der Waals surface area contributed by atoms with Gasteiger partial charge in [0.15, 0.2) is 10.8 Å². The minimum absolute atomic E-state index is 0.107. The van der Waals surface area contributed by atoms with Crippen LogP contribution < -0.4 is 5.32 Å². The normalized spacial score (nSPS) is 27.5. The summed E-state index contributed by atoms with van der Waals surface area (Å²) in [6.07, 6.45) is 0.991. The van der Waals surface area contributed by atoms with Gasteiger partial charge in [-0.3, -0.25) is 14.7 Å². The maximum atomic E-state index is 13.9. The number of fused-ring (bicyclic) bond motifs is 2. The van der Waals surface area contributed by atoms with E-state index < -0.39 is 41.9 Å². The van der Waals surface area contributed by atoms with E-state index in [-0.39, 0.29) is 36.2 Å². The Hall–Kier alpha value is -2.90. The van der Waals surface area contributed by atoms with Crippen molar-refractivity contribution < 1.29 is 33.7 Å². The summed E-state index contributed by atoms with van der Waals surface area (Å²) >= 11 is 7.77. The summed E-state index contributed by atoms with van der Waals surface area (Å²) in [5.74, 6) is -2.12. The van der Waals surface area contributed by atoms with Crippen LogP contribution in [0.3, 0.4) is 0 Å². The minimum atomic E-state index is -0.963. The molecule has 0 amide bonds. The van der Waals surface area contributed by atoms with Crippen LogP contribution in [0.2, 0.25) is 5.02 Å². The maximum Gasteiger partial charge on any atom is 0.338 e. The average molecular weight is 565 g/mol. The van der Waals surface area contributed by atoms with Gasteiger partial charge in [0, 0.05) is 40.4 Å². The molecule has 202 valence electrons. The summed E-state index contributed by atoms with van der Waals surface area (Å²) in [7, 11) is 1.26. The Balaban J connectivity index is 1.57. The Morgan fingerprint density at radius 3 is 2.87 bits per heavy atom. The summed E-state index contributed by atoms with van der Waals surface area (Å²) in [6.45, 7) is 0.774. The summed E-state index contributed by atoms with van der Waals surface area (Å²) in [6, 6.07) is 2.34. The van der Waals surface area contributed by atoms with Crippen LogP contribution in [0, 0.1) is 11.7 Å². The highest BCUT2D eigenvalue weighted by molar-refractivity contribution is 7.11. The largest absolute Gasteiger partial charge is 0.481 e. The molecule has 2 fully saturated rings. The zero-order valence-electron chi connectivity index (χ0n) is 20.3. The summed E-state index contributed by atoms with van der Waals surface area (Å²) in [4.78, 5) is 35.7. The molecule has 3 N–H and O–H groups in total. The Kier molecular flexibility index (Phi) is 7.78. The highest BCUT2D eigenvalue weighted by atomic mass is 35.5. The lowest BCUT2D eigenvalue weighted by atomic mass is 9.80. The number of methoxy groups -OCH3 is 1. The number of carboxylic acids is 1. The van der Waals surface area contributed by atoms with Gasteiger partial charge in [0.05, 0.1) is 44.5 Å². The number of aliphatic carboxylic acids is 1. The van der Waals surface area contributed by atoms with E-state index in [0.717, 1.165) is 6.07 Å². The second-order valence-electron chi connectivity index (χ2n) is 9.41. The molecule has 10 nitrogen and oxygen atoms in total. The quantitative estimate of drug-likeness (QED) is 0.433. The molecule has 0 spiro atoms. The zero-order valence-corrected chi connectivity index (χ0v) is 21.9. The van der Waals surface area contributed by atoms with E-state index in [0.29, 0.717) is 35.1 Å². The third-order valence-electron chi connectivity index (χ3n) is 7.15. The molecule has 3 aliphatic rings. The van der Waals surface area contributed by atoms with Crippen molar-refractivity contribution in [1.29, 1.82) is 0 Å². The van der Waals surface area contributed by atoms with Gasteiger partial charge in [0.2, 0.25) is 0 Å². The predicted molar refractivity (Wildman–Crippen MR) is 136 cm³/mol. The minimum Gasteiger partial charge on any atom is -0.481 e. The molecule has 13 heteroatoms. The van der Waals surface area contributed by atoms with Crippen molar-refractivity contribution in [3.05, 3.63) is 62.5 Å². The number of hydrogen-bond acceptors (Lipinski definition) is 10. The smallest absolute Gasteiger partial charge is 0.338 e. The molecule has 3 aliphatic heterocycles. The number of piperidine rings is 1. The summed E-state index contributed by atoms with van der Waals surface area (Å²) < 4.78 is 24.7. The number of carbonyl (C=O) groups excluding carboxylic acids is 1. The van der Waals surface area contributed by atoms with Crippen LogP contribution in [-0.2, 0) is 19.1 Å². The van der Waals surface area contributed by atoms with Gasteiger partial charge in [-0.1, -0.05) is 17.7 Å². The van der Waals surface area contributed by atoms with Gasteiger partial charge in [0.25, 0.3) is 0 Å². The number of aliphatic hydroxyl groups is 1. The molecule has 2 bridgehead atoms. The van der Waals surface area contributed by atoms with Crippen molar-refractivity contribution in [1.82, 2.24) is 15.2 Å². The van der Waals surface area contributed by atoms with Crippen molar-refractivity contribution in [3.63, 3.8) is 0 Å². The first-order valence-electron chi connectivity index (χ1n) is 12.0. The molecule has 3 unspecified atom stereocenters. The first-order valence-corrected chi connectivity index (χ1v) is 13.3. The first-order chi connectivity index (χ1) is 18.3. The van der Waals surface area contributed by atoms with E-state index in [1.807, 2.05) is 4.90 Å². The molecular weight excluding hydrogens is 539 g/mol. The molecule has 1 aromatic heterocycles. The lowest BCUT2D eigenvalue weighted by Crippen LogP contribution is -2.64. The SMILES string of the molecule is COC(=O)C1=C(CN2C3COCC2C(O)[C@H](CC(=O)O)C3)NC(c2nccs2)=N[C@H]1c1ccc(F)cc1Cl. The first kappa shape index (κ1) is 26.7. The number of hydrogen-bond donors (Lipinski definition) is 3. The van der Waals surface area contributed by atoms with Crippen LogP contribution in [-0.4, -0.2) is 82.9 Å². The fraction of sp³-hybridized carbons (Fsp3) is 0.440. The molecule has 5 atom stereocenters. The maximum absolute atomic E-state index is 13.9.